The Morgan fingerprint density at radius 3 is 2.55 bits per heavy atom. The van der Waals surface area contributed by atoms with Crippen molar-refractivity contribution in [1.82, 2.24) is 4.90 Å². The van der Waals surface area contributed by atoms with E-state index in [2.05, 4.69) is 0 Å². The third-order valence-corrected chi connectivity index (χ3v) is 2.97. The van der Waals surface area contributed by atoms with Crippen LogP contribution in [0.15, 0.2) is 24.3 Å². The molecule has 1 aliphatic rings. The second-order valence-electron chi connectivity index (χ2n) is 4.51. The first-order valence-corrected chi connectivity index (χ1v) is 7.26. The molecule has 1 fully saturated rings. The molecule has 0 spiro atoms. The highest BCUT2D eigenvalue weighted by atomic mass is 16.5. The van der Waals surface area contributed by atoms with Gasteiger partial charge < -0.3 is 14.4 Å². The first kappa shape index (κ1) is 16.5. The molecular formula is C16H25NO3. The van der Waals surface area contributed by atoms with Crippen molar-refractivity contribution in [1.29, 1.82) is 0 Å². The second kappa shape index (κ2) is 8.59. The summed E-state index contributed by atoms with van der Waals surface area (Å²) in [6, 6.07) is 7.73. The lowest BCUT2D eigenvalue weighted by Gasteiger charge is -2.29. The van der Waals surface area contributed by atoms with Crippen LogP contribution in [-0.4, -0.2) is 43.2 Å². The van der Waals surface area contributed by atoms with Crippen molar-refractivity contribution in [3.05, 3.63) is 29.8 Å². The van der Waals surface area contributed by atoms with Crippen molar-refractivity contribution in [2.24, 2.45) is 0 Å². The first-order valence-electron chi connectivity index (χ1n) is 7.26. The van der Waals surface area contributed by atoms with Gasteiger partial charge in [-0.2, -0.15) is 0 Å². The lowest BCUT2D eigenvalue weighted by molar-refractivity contribution is -0.142. The molecule has 1 amide bonds. The van der Waals surface area contributed by atoms with Crippen molar-refractivity contribution in [3.8, 4) is 5.75 Å². The molecule has 20 heavy (non-hydrogen) atoms. The van der Waals surface area contributed by atoms with E-state index in [1.807, 2.05) is 45.0 Å². The standard InChI is InChI=1S/C14H19NO3.C2H6/c1-11-4-3-5-13(10-11)18-12(2)14(16)15-6-8-17-9-7-15;1-2/h3-5,10,12H,6-9H2,1-2H3;1-2H3. The van der Waals surface area contributed by atoms with Gasteiger partial charge in [-0.3, -0.25) is 4.79 Å². The van der Waals surface area contributed by atoms with Crippen LogP contribution in [0.4, 0.5) is 0 Å². The van der Waals surface area contributed by atoms with Crippen LogP contribution < -0.4 is 4.74 Å². The first-order chi connectivity index (χ1) is 9.66. The van der Waals surface area contributed by atoms with E-state index in [1.54, 1.807) is 11.8 Å². The number of ether oxygens (including phenoxy) is 2. The quantitative estimate of drug-likeness (QED) is 0.854. The van der Waals surface area contributed by atoms with Crippen molar-refractivity contribution < 1.29 is 14.3 Å². The predicted octanol–water partition coefficient (Wildman–Crippen LogP) is 2.65. The molecule has 4 nitrogen and oxygen atoms in total. The minimum Gasteiger partial charge on any atom is -0.481 e. The molecule has 0 radical (unpaired) electrons. The maximum Gasteiger partial charge on any atom is 0.263 e. The van der Waals surface area contributed by atoms with Crippen LogP contribution in [0.3, 0.4) is 0 Å². The van der Waals surface area contributed by atoms with Crippen LogP contribution in [0.2, 0.25) is 0 Å². The fourth-order valence-electron chi connectivity index (χ4n) is 1.98. The summed E-state index contributed by atoms with van der Waals surface area (Å²) in [5, 5.41) is 0. The van der Waals surface area contributed by atoms with Gasteiger partial charge in [0.05, 0.1) is 13.2 Å². The molecule has 2 rings (SSSR count). The number of benzene rings is 1. The number of nitrogens with zero attached hydrogens (tertiary/aromatic N) is 1. The summed E-state index contributed by atoms with van der Waals surface area (Å²) in [7, 11) is 0. The minimum absolute atomic E-state index is 0.0276. The van der Waals surface area contributed by atoms with Gasteiger partial charge in [-0.05, 0) is 31.5 Å². The zero-order valence-corrected chi connectivity index (χ0v) is 12.9. The number of hydrogen-bond acceptors (Lipinski definition) is 3. The summed E-state index contributed by atoms with van der Waals surface area (Å²) in [6.45, 7) is 10.3. The molecule has 1 aliphatic heterocycles. The lowest BCUT2D eigenvalue weighted by Crippen LogP contribution is -2.46. The van der Waals surface area contributed by atoms with Gasteiger partial charge in [0.2, 0.25) is 0 Å². The molecule has 0 bridgehead atoms. The molecule has 0 N–H and O–H groups in total. The van der Waals surface area contributed by atoms with Gasteiger partial charge in [-0.25, -0.2) is 0 Å². The van der Waals surface area contributed by atoms with E-state index >= 15 is 0 Å². The largest absolute Gasteiger partial charge is 0.481 e. The maximum atomic E-state index is 12.1. The minimum atomic E-state index is -0.454. The van der Waals surface area contributed by atoms with Gasteiger partial charge in [0.15, 0.2) is 6.10 Å². The molecule has 112 valence electrons. The molecule has 0 aromatic heterocycles. The van der Waals surface area contributed by atoms with E-state index < -0.39 is 6.10 Å². The zero-order valence-electron chi connectivity index (χ0n) is 12.9. The van der Waals surface area contributed by atoms with Gasteiger partial charge in [0, 0.05) is 13.1 Å². The Labute approximate surface area is 121 Å². The highest BCUT2D eigenvalue weighted by molar-refractivity contribution is 5.81. The SMILES string of the molecule is CC.Cc1cccc(OC(C)C(=O)N2CCOCC2)c1. The number of morpholine rings is 1. The monoisotopic (exact) mass is 279 g/mol. The summed E-state index contributed by atoms with van der Waals surface area (Å²) in [4.78, 5) is 13.9. The van der Waals surface area contributed by atoms with E-state index in [-0.39, 0.29) is 5.91 Å². The summed E-state index contributed by atoms with van der Waals surface area (Å²) < 4.78 is 10.9. The maximum absolute atomic E-state index is 12.1. The van der Waals surface area contributed by atoms with Crippen LogP contribution in [0, 0.1) is 6.92 Å². The van der Waals surface area contributed by atoms with Crippen LogP contribution in [0.25, 0.3) is 0 Å². The smallest absolute Gasteiger partial charge is 0.263 e. The summed E-state index contributed by atoms with van der Waals surface area (Å²) >= 11 is 0. The third kappa shape index (κ3) is 4.85. The number of rotatable bonds is 3. The van der Waals surface area contributed by atoms with E-state index in [0.29, 0.717) is 26.3 Å². The van der Waals surface area contributed by atoms with Crippen LogP contribution in [-0.2, 0) is 9.53 Å². The van der Waals surface area contributed by atoms with Crippen LogP contribution >= 0.6 is 0 Å². The molecule has 1 aromatic carbocycles. The molecular weight excluding hydrogens is 254 g/mol. The fraction of sp³-hybridized carbons (Fsp3) is 0.562. The normalized spacial score (nSPS) is 15.9. The third-order valence-electron chi connectivity index (χ3n) is 2.97. The van der Waals surface area contributed by atoms with E-state index in [9.17, 15) is 4.79 Å². The Bertz CT molecular complexity index is 414. The Hall–Kier alpha value is -1.55. The van der Waals surface area contributed by atoms with Crippen molar-refractivity contribution in [2.45, 2.75) is 33.8 Å². The van der Waals surface area contributed by atoms with Crippen LogP contribution in [0.5, 0.6) is 5.75 Å². The molecule has 1 atom stereocenters. The number of carbonyl (C=O) groups is 1. The van der Waals surface area contributed by atoms with Gasteiger partial charge in [0.1, 0.15) is 5.75 Å². The summed E-state index contributed by atoms with van der Waals surface area (Å²) in [5.74, 6) is 0.768. The molecule has 4 heteroatoms. The van der Waals surface area contributed by atoms with Gasteiger partial charge in [-0.15, -0.1) is 0 Å². The summed E-state index contributed by atoms with van der Waals surface area (Å²) in [6.07, 6.45) is -0.454. The Balaban J connectivity index is 0.000000956. The summed E-state index contributed by atoms with van der Waals surface area (Å²) in [5.41, 5.74) is 1.12. The number of amides is 1. The number of aryl methyl sites for hydroxylation is 1. The second-order valence-corrected chi connectivity index (χ2v) is 4.51. The number of carbonyl (C=O) groups excluding carboxylic acids is 1. The topological polar surface area (TPSA) is 38.8 Å². The van der Waals surface area contributed by atoms with Gasteiger partial charge in [0.25, 0.3) is 5.91 Å². The fourth-order valence-corrected chi connectivity index (χ4v) is 1.98. The Morgan fingerprint density at radius 2 is 1.95 bits per heavy atom. The van der Waals surface area contributed by atoms with Crippen LogP contribution in [0.1, 0.15) is 26.3 Å². The van der Waals surface area contributed by atoms with Crippen molar-refractivity contribution >= 4 is 5.91 Å². The van der Waals surface area contributed by atoms with E-state index in [4.69, 9.17) is 9.47 Å². The average Bonchev–Trinajstić information content (AvgIpc) is 2.49. The average molecular weight is 279 g/mol. The molecule has 1 aromatic rings. The highest BCUT2D eigenvalue weighted by Gasteiger charge is 2.23. The van der Waals surface area contributed by atoms with Crippen molar-refractivity contribution in [2.75, 3.05) is 26.3 Å². The van der Waals surface area contributed by atoms with Crippen molar-refractivity contribution in [3.63, 3.8) is 0 Å². The zero-order chi connectivity index (χ0) is 15.0. The van der Waals surface area contributed by atoms with E-state index in [0.717, 1.165) is 11.3 Å². The van der Waals surface area contributed by atoms with Gasteiger partial charge in [-0.1, -0.05) is 26.0 Å². The van der Waals surface area contributed by atoms with Gasteiger partial charge >= 0.3 is 0 Å². The Kier molecular flexibility index (Phi) is 7.09. The lowest BCUT2D eigenvalue weighted by atomic mass is 10.2. The number of hydrogen-bond donors (Lipinski definition) is 0. The van der Waals surface area contributed by atoms with E-state index in [1.165, 1.54) is 0 Å². The predicted molar refractivity (Wildman–Crippen MR) is 80.0 cm³/mol. The molecule has 1 unspecified atom stereocenters. The molecule has 1 saturated heterocycles. The molecule has 0 saturated carbocycles. The Morgan fingerprint density at radius 1 is 1.30 bits per heavy atom. The molecule has 1 heterocycles. The highest BCUT2D eigenvalue weighted by Crippen LogP contribution is 2.15. The molecule has 0 aliphatic carbocycles.